The van der Waals surface area contributed by atoms with Gasteiger partial charge in [0.1, 0.15) is 5.75 Å². The molecule has 1 aromatic carbocycles. The van der Waals surface area contributed by atoms with Gasteiger partial charge in [0.2, 0.25) is 0 Å². The second-order valence-electron chi connectivity index (χ2n) is 6.30. The van der Waals surface area contributed by atoms with Crippen LogP contribution in [0.15, 0.2) is 24.3 Å². The first-order valence-electron chi connectivity index (χ1n) is 8.65. The first kappa shape index (κ1) is 18.5. The Kier molecular flexibility index (Phi) is 7.31. The van der Waals surface area contributed by atoms with Gasteiger partial charge in [0.25, 0.3) is 5.91 Å². The van der Waals surface area contributed by atoms with Crippen molar-refractivity contribution in [2.45, 2.75) is 52.0 Å². The van der Waals surface area contributed by atoms with Crippen LogP contribution in [0, 0.1) is 5.92 Å². The number of carbonyl (C=O) groups is 1. The van der Waals surface area contributed by atoms with Crippen molar-refractivity contribution >= 4 is 23.2 Å². The van der Waals surface area contributed by atoms with E-state index in [4.69, 9.17) is 17.0 Å². The van der Waals surface area contributed by atoms with Gasteiger partial charge in [-0.2, -0.15) is 0 Å². The maximum absolute atomic E-state index is 11.8. The number of ether oxygens (including phenoxy) is 1. The molecule has 0 saturated heterocycles. The van der Waals surface area contributed by atoms with Gasteiger partial charge in [0.05, 0.1) is 0 Å². The molecule has 1 fully saturated rings. The molecule has 1 amide bonds. The van der Waals surface area contributed by atoms with Gasteiger partial charge in [0, 0.05) is 6.04 Å². The smallest absolute Gasteiger partial charge is 0.276 e. The number of amides is 1. The topological polar surface area (TPSA) is 62.4 Å². The van der Waals surface area contributed by atoms with E-state index in [1.54, 1.807) is 0 Å². The third kappa shape index (κ3) is 6.00. The van der Waals surface area contributed by atoms with Crippen molar-refractivity contribution < 1.29 is 9.53 Å². The quantitative estimate of drug-likeness (QED) is 0.564. The molecule has 0 aliphatic heterocycles. The summed E-state index contributed by atoms with van der Waals surface area (Å²) in [6.45, 7) is 4.27. The Morgan fingerprint density at radius 3 is 2.58 bits per heavy atom. The zero-order valence-corrected chi connectivity index (χ0v) is 15.2. The van der Waals surface area contributed by atoms with Crippen molar-refractivity contribution in [3.63, 3.8) is 0 Å². The predicted molar refractivity (Wildman–Crippen MR) is 99.7 cm³/mol. The van der Waals surface area contributed by atoms with Crippen molar-refractivity contribution in [2.75, 3.05) is 6.61 Å². The molecule has 1 aliphatic carbocycles. The van der Waals surface area contributed by atoms with Gasteiger partial charge in [0.15, 0.2) is 11.7 Å². The number of nitrogens with one attached hydrogen (secondary N) is 3. The highest BCUT2D eigenvalue weighted by molar-refractivity contribution is 7.80. The molecule has 1 saturated carbocycles. The molecule has 0 aromatic heterocycles. The molecule has 24 heavy (non-hydrogen) atoms. The molecule has 2 atom stereocenters. The maximum atomic E-state index is 11.8. The third-order valence-corrected chi connectivity index (χ3v) is 4.66. The summed E-state index contributed by atoms with van der Waals surface area (Å²) in [5.41, 5.74) is 6.55. The van der Waals surface area contributed by atoms with Crippen molar-refractivity contribution in [1.29, 1.82) is 0 Å². The molecule has 1 aliphatic rings. The van der Waals surface area contributed by atoms with E-state index in [1.807, 2.05) is 24.3 Å². The lowest BCUT2D eigenvalue weighted by Crippen LogP contribution is -2.52. The van der Waals surface area contributed by atoms with Crippen LogP contribution in [0.25, 0.3) is 0 Å². The van der Waals surface area contributed by atoms with E-state index in [1.165, 1.54) is 24.8 Å². The van der Waals surface area contributed by atoms with Gasteiger partial charge in [-0.1, -0.05) is 38.8 Å². The average Bonchev–Trinajstić information content (AvgIpc) is 2.60. The minimum Gasteiger partial charge on any atom is -0.484 e. The van der Waals surface area contributed by atoms with E-state index < -0.39 is 0 Å². The number of benzene rings is 1. The van der Waals surface area contributed by atoms with Crippen LogP contribution in [0.2, 0.25) is 0 Å². The van der Waals surface area contributed by atoms with E-state index in [0.717, 1.165) is 12.8 Å². The Balaban J connectivity index is 1.65. The van der Waals surface area contributed by atoms with Crippen molar-refractivity contribution in [3.8, 4) is 5.75 Å². The molecule has 3 N–H and O–H groups in total. The fourth-order valence-corrected chi connectivity index (χ4v) is 3.07. The molecule has 0 radical (unpaired) electrons. The number of hydrogen-bond donors (Lipinski definition) is 3. The lowest BCUT2D eigenvalue weighted by Gasteiger charge is -2.30. The molecule has 0 spiro atoms. The van der Waals surface area contributed by atoms with Gasteiger partial charge in [-0.3, -0.25) is 15.6 Å². The molecule has 2 rings (SSSR count). The standard InChI is InChI=1S/C18H27N3O2S/c1-3-14-8-10-15(11-9-14)23-12-17(22)20-21-18(24)19-16-7-5-4-6-13(16)2/h8-11,13,16H,3-7,12H2,1-2H3,(H,20,22)(H2,19,21,24)/t13-,16+/m1/s1. The van der Waals surface area contributed by atoms with Crippen LogP contribution in [-0.2, 0) is 11.2 Å². The third-order valence-electron chi connectivity index (χ3n) is 4.44. The Morgan fingerprint density at radius 2 is 1.92 bits per heavy atom. The first-order valence-corrected chi connectivity index (χ1v) is 9.06. The molecule has 0 heterocycles. The van der Waals surface area contributed by atoms with Crippen LogP contribution in [0.1, 0.15) is 45.1 Å². The molecule has 1 aromatic rings. The molecule has 0 bridgehead atoms. The van der Waals surface area contributed by atoms with E-state index in [-0.39, 0.29) is 12.5 Å². The SMILES string of the molecule is CCc1ccc(OCC(=O)NNC(=S)N[C@H]2CCCC[C@H]2C)cc1. The summed E-state index contributed by atoms with van der Waals surface area (Å²) in [6, 6.07) is 8.11. The fraction of sp³-hybridized carbons (Fsp3) is 0.556. The summed E-state index contributed by atoms with van der Waals surface area (Å²) in [4.78, 5) is 11.8. The first-order chi connectivity index (χ1) is 11.6. The highest BCUT2D eigenvalue weighted by atomic mass is 32.1. The van der Waals surface area contributed by atoms with Crippen LogP contribution in [0.3, 0.4) is 0 Å². The van der Waals surface area contributed by atoms with Crippen molar-refractivity contribution in [2.24, 2.45) is 5.92 Å². The number of thiocarbonyl (C=S) groups is 1. The Morgan fingerprint density at radius 1 is 1.21 bits per heavy atom. The zero-order chi connectivity index (χ0) is 17.4. The Hall–Kier alpha value is -1.82. The number of rotatable bonds is 5. The van der Waals surface area contributed by atoms with Crippen LogP contribution in [0.4, 0.5) is 0 Å². The van der Waals surface area contributed by atoms with Gasteiger partial charge in [-0.05, 0) is 55.1 Å². The minimum atomic E-state index is -0.268. The average molecular weight is 350 g/mol. The van der Waals surface area contributed by atoms with E-state index in [2.05, 4.69) is 30.0 Å². The monoisotopic (exact) mass is 349 g/mol. The molecule has 132 valence electrons. The normalized spacial score (nSPS) is 20.1. The summed E-state index contributed by atoms with van der Waals surface area (Å²) >= 11 is 5.23. The summed E-state index contributed by atoms with van der Waals surface area (Å²) in [6.07, 6.45) is 5.83. The molecular formula is C18H27N3O2S. The van der Waals surface area contributed by atoms with Gasteiger partial charge in [-0.15, -0.1) is 0 Å². The Labute approximate surface area is 149 Å². The zero-order valence-electron chi connectivity index (χ0n) is 14.4. The maximum Gasteiger partial charge on any atom is 0.276 e. The van der Waals surface area contributed by atoms with Crippen LogP contribution < -0.4 is 20.9 Å². The lowest BCUT2D eigenvalue weighted by atomic mass is 9.86. The predicted octanol–water partition coefficient (Wildman–Crippen LogP) is 2.70. The molecule has 5 nitrogen and oxygen atoms in total. The highest BCUT2D eigenvalue weighted by Gasteiger charge is 2.21. The second kappa shape index (κ2) is 9.47. The summed E-state index contributed by atoms with van der Waals surface area (Å²) in [5.74, 6) is 1.01. The van der Waals surface area contributed by atoms with E-state index >= 15 is 0 Å². The van der Waals surface area contributed by atoms with Gasteiger partial charge < -0.3 is 10.1 Å². The van der Waals surface area contributed by atoms with E-state index in [0.29, 0.717) is 22.8 Å². The molecular weight excluding hydrogens is 322 g/mol. The number of hydrogen-bond acceptors (Lipinski definition) is 3. The molecule has 0 unspecified atom stereocenters. The van der Waals surface area contributed by atoms with Crippen molar-refractivity contribution in [1.82, 2.24) is 16.2 Å². The van der Waals surface area contributed by atoms with Gasteiger partial charge >= 0.3 is 0 Å². The number of aryl methyl sites for hydroxylation is 1. The van der Waals surface area contributed by atoms with Crippen LogP contribution >= 0.6 is 12.2 Å². The molecule has 6 heteroatoms. The number of carbonyl (C=O) groups excluding carboxylic acids is 1. The second-order valence-corrected chi connectivity index (χ2v) is 6.71. The van der Waals surface area contributed by atoms with Crippen molar-refractivity contribution in [3.05, 3.63) is 29.8 Å². The highest BCUT2D eigenvalue weighted by Crippen LogP contribution is 2.23. The fourth-order valence-electron chi connectivity index (χ4n) is 2.87. The van der Waals surface area contributed by atoms with Crippen LogP contribution in [-0.4, -0.2) is 23.7 Å². The van der Waals surface area contributed by atoms with Gasteiger partial charge in [-0.25, -0.2) is 0 Å². The van der Waals surface area contributed by atoms with Crippen LogP contribution in [0.5, 0.6) is 5.75 Å². The largest absolute Gasteiger partial charge is 0.484 e. The Bertz CT molecular complexity index is 548. The van der Waals surface area contributed by atoms with E-state index in [9.17, 15) is 4.79 Å². The summed E-state index contributed by atoms with van der Waals surface area (Å²) in [7, 11) is 0. The number of hydrazine groups is 1. The summed E-state index contributed by atoms with van der Waals surface area (Å²) in [5, 5.41) is 3.73. The lowest BCUT2D eigenvalue weighted by molar-refractivity contribution is -0.123. The summed E-state index contributed by atoms with van der Waals surface area (Å²) < 4.78 is 5.45. The minimum absolute atomic E-state index is 0.0546.